The molecule has 0 aliphatic carbocycles. The van der Waals surface area contributed by atoms with Crippen molar-refractivity contribution >= 4 is 0 Å². The van der Waals surface area contributed by atoms with E-state index in [0.717, 1.165) is 11.1 Å². The second-order valence-electron chi connectivity index (χ2n) is 7.62. The molecule has 0 spiro atoms. The van der Waals surface area contributed by atoms with E-state index in [1.807, 2.05) is 18.2 Å². The van der Waals surface area contributed by atoms with E-state index in [0.29, 0.717) is 36.2 Å². The lowest BCUT2D eigenvalue weighted by atomic mass is 9.81. The highest BCUT2D eigenvalue weighted by Crippen LogP contribution is 2.44. The van der Waals surface area contributed by atoms with Crippen LogP contribution in [0.5, 0.6) is 5.75 Å². The molecule has 2 aromatic heterocycles. The molecule has 3 heterocycles. The van der Waals surface area contributed by atoms with Gasteiger partial charge in [0.25, 0.3) is 0 Å². The molecule has 28 heavy (non-hydrogen) atoms. The number of hydrogen-bond acceptors (Lipinski definition) is 6. The monoisotopic (exact) mass is 386 g/mol. The molecule has 1 aromatic carbocycles. The molecule has 148 valence electrons. The normalized spacial score (nSPS) is 19.5. The molecule has 1 atom stereocenters. The predicted octanol–water partition coefficient (Wildman–Crippen LogP) is 3.65. The summed E-state index contributed by atoms with van der Waals surface area (Å²) in [5.41, 5.74) is -1.99. The fourth-order valence-corrected chi connectivity index (χ4v) is 3.71. The molecule has 1 N–H and O–H groups in total. The Hall–Kier alpha value is -2.74. The van der Waals surface area contributed by atoms with Crippen LogP contribution in [0.3, 0.4) is 0 Å². The SMILES string of the molecule is COc1cc(-c2nnc3n2CCCC3(F)C(C)(C)O)ccc1-c1cnc(C)o1. The fraction of sp³-hybridized carbons (Fsp3) is 0.450. The van der Waals surface area contributed by atoms with E-state index in [1.54, 1.807) is 24.8 Å². The third kappa shape index (κ3) is 2.79. The number of alkyl halides is 1. The Balaban J connectivity index is 1.79. The smallest absolute Gasteiger partial charge is 0.198 e. The first-order chi connectivity index (χ1) is 13.2. The Labute approximate surface area is 162 Å². The quantitative estimate of drug-likeness (QED) is 0.737. The number of aliphatic hydroxyl groups is 1. The summed E-state index contributed by atoms with van der Waals surface area (Å²) in [4.78, 5) is 4.12. The first kappa shape index (κ1) is 18.6. The summed E-state index contributed by atoms with van der Waals surface area (Å²) < 4.78 is 28.5. The Morgan fingerprint density at radius 3 is 2.75 bits per heavy atom. The Bertz CT molecular complexity index is 1020. The van der Waals surface area contributed by atoms with Gasteiger partial charge in [0.2, 0.25) is 0 Å². The van der Waals surface area contributed by atoms with Crippen molar-refractivity contribution in [3.8, 4) is 28.5 Å². The molecule has 3 aromatic rings. The zero-order chi connectivity index (χ0) is 20.1. The maximum absolute atomic E-state index is 15.6. The van der Waals surface area contributed by atoms with Crippen LogP contribution in [-0.4, -0.2) is 37.6 Å². The highest BCUT2D eigenvalue weighted by molar-refractivity contribution is 5.71. The van der Waals surface area contributed by atoms with Gasteiger partial charge in [-0.3, -0.25) is 0 Å². The van der Waals surface area contributed by atoms with Gasteiger partial charge in [0.1, 0.15) is 11.4 Å². The van der Waals surface area contributed by atoms with Crippen molar-refractivity contribution in [2.75, 3.05) is 7.11 Å². The molecular formula is C20H23FN4O3. The van der Waals surface area contributed by atoms with Gasteiger partial charge in [0, 0.05) is 19.0 Å². The van der Waals surface area contributed by atoms with E-state index in [9.17, 15) is 5.11 Å². The maximum atomic E-state index is 15.6. The number of rotatable bonds is 4. The van der Waals surface area contributed by atoms with Crippen molar-refractivity contribution < 1.29 is 18.7 Å². The van der Waals surface area contributed by atoms with Gasteiger partial charge >= 0.3 is 0 Å². The molecule has 8 heteroatoms. The number of fused-ring (bicyclic) bond motifs is 1. The lowest BCUT2D eigenvalue weighted by Crippen LogP contribution is -2.47. The summed E-state index contributed by atoms with van der Waals surface area (Å²) in [5, 5.41) is 18.7. The van der Waals surface area contributed by atoms with Crippen LogP contribution in [0, 0.1) is 6.92 Å². The highest BCUT2D eigenvalue weighted by Gasteiger charge is 2.51. The third-order valence-corrected chi connectivity index (χ3v) is 5.32. The van der Waals surface area contributed by atoms with E-state index in [-0.39, 0.29) is 12.2 Å². The Kier molecular flexibility index (Phi) is 4.26. The number of benzene rings is 1. The number of aromatic nitrogens is 4. The number of aryl methyl sites for hydroxylation is 1. The van der Waals surface area contributed by atoms with Crippen LogP contribution in [-0.2, 0) is 12.2 Å². The van der Waals surface area contributed by atoms with Gasteiger partial charge in [-0.05, 0) is 38.8 Å². The van der Waals surface area contributed by atoms with Gasteiger partial charge < -0.3 is 18.8 Å². The van der Waals surface area contributed by atoms with Crippen LogP contribution in [0.25, 0.3) is 22.7 Å². The van der Waals surface area contributed by atoms with E-state index < -0.39 is 11.3 Å². The van der Waals surface area contributed by atoms with Crippen molar-refractivity contribution in [1.29, 1.82) is 0 Å². The minimum atomic E-state index is -1.95. The van der Waals surface area contributed by atoms with E-state index in [2.05, 4.69) is 15.2 Å². The number of ether oxygens (including phenoxy) is 1. The zero-order valence-electron chi connectivity index (χ0n) is 16.4. The summed E-state index contributed by atoms with van der Waals surface area (Å²) in [6.07, 6.45) is 2.44. The first-order valence-electron chi connectivity index (χ1n) is 9.21. The van der Waals surface area contributed by atoms with Crippen LogP contribution in [0.4, 0.5) is 4.39 Å². The molecule has 0 saturated heterocycles. The predicted molar refractivity (Wildman–Crippen MR) is 101 cm³/mol. The van der Waals surface area contributed by atoms with E-state index >= 15 is 4.39 Å². The molecule has 4 rings (SSSR count). The summed E-state index contributed by atoms with van der Waals surface area (Å²) >= 11 is 0. The van der Waals surface area contributed by atoms with Crippen molar-refractivity contribution in [3.63, 3.8) is 0 Å². The molecule has 0 amide bonds. The summed E-state index contributed by atoms with van der Waals surface area (Å²) in [6.45, 7) is 5.30. The summed E-state index contributed by atoms with van der Waals surface area (Å²) in [7, 11) is 1.58. The molecule has 0 radical (unpaired) electrons. The molecule has 0 bridgehead atoms. The largest absolute Gasteiger partial charge is 0.496 e. The van der Waals surface area contributed by atoms with Crippen LogP contribution >= 0.6 is 0 Å². The maximum Gasteiger partial charge on any atom is 0.198 e. The van der Waals surface area contributed by atoms with Gasteiger partial charge in [-0.25, -0.2) is 9.37 Å². The number of hydrogen-bond donors (Lipinski definition) is 1. The van der Waals surface area contributed by atoms with E-state index in [4.69, 9.17) is 9.15 Å². The molecular weight excluding hydrogens is 363 g/mol. The highest BCUT2D eigenvalue weighted by atomic mass is 19.1. The number of methoxy groups -OCH3 is 1. The second-order valence-corrected chi connectivity index (χ2v) is 7.62. The van der Waals surface area contributed by atoms with Crippen molar-refractivity contribution in [2.45, 2.75) is 51.4 Å². The van der Waals surface area contributed by atoms with Gasteiger partial charge in [-0.1, -0.05) is 6.07 Å². The third-order valence-electron chi connectivity index (χ3n) is 5.32. The number of nitrogens with zero attached hydrogens (tertiary/aromatic N) is 4. The van der Waals surface area contributed by atoms with Crippen LogP contribution in [0.2, 0.25) is 0 Å². The first-order valence-corrected chi connectivity index (χ1v) is 9.21. The Morgan fingerprint density at radius 2 is 2.11 bits per heavy atom. The number of oxazole rings is 1. The van der Waals surface area contributed by atoms with Gasteiger partial charge in [0.05, 0.1) is 18.9 Å². The lowest BCUT2D eigenvalue weighted by Gasteiger charge is -2.38. The minimum Gasteiger partial charge on any atom is -0.496 e. The fourth-order valence-electron chi connectivity index (χ4n) is 3.71. The molecule has 0 saturated carbocycles. The standard InChI is InChI=1S/C20H23FN4O3/c1-12-22-11-16(28-12)14-7-6-13(10-15(14)27-4)17-23-24-18-20(21,19(2,3)26)8-5-9-25(17)18/h6-7,10-11,26H,5,8-9H2,1-4H3. The van der Waals surface area contributed by atoms with E-state index in [1.165, 1.54) is 13.8 Å². The van der Waals surface area contributed by atoms with Crippen LogP contribution in [0.1, 0.15) is 38.4 Å². The van der Waals surface area contributed by atoms with Crippen molar-refractivity contribution in [2.24, 2.45) is 0 Å². The summed E-state index contributed by atoms with van der Waals surface area (Å²) in [5.74, 6) is 2.47. The zero-order valence-corrected chi connectivity index (χ0v) is 16.4. The lowest BCUT2D eigenvalue weighted by molar-refractivity contribution is -0.102. The molecule has 1 unspecified atom stereocenters. The topological polar surface area (TPSA) is 86.2 Å². The van der Waals surface area contributed by atoms with Crippen LogP contribution in [0.15, 0.2) is 28.8 Å². The van der Waals surface area contributed by atoms with Gasteiger partial charge in [-0.15, -0.1) is 10.2 Å². The summed E-state index contributed by atoms with van der Waals surface area (Å²) in [6, 6.07) is 5.55. The molecule has 0 fully saturated rings. The average molecular weight is 386 g/mol. The van der Waals surface area contributed by atoms with Gasteiger partial charge in [0.15, 0.2) is 29.0 Å². The number of halogens is 1. The van der Waals surface area contributed by atoms with Crippen LogP contribution < -0.4 is 4.74 Å². The van der Waals surface area contributed by atoms with Gasteiger partial charge in [-0.2, -0.15) is 0 Å². The van der Waals surface area contributed by atoms with Crippen molar-refractivity contribution in [3.05, 3.63) is 36.1 Å². The Morgan fingerprint density at radius 1 is 1.32 bits per heavy atom. The second kappa shape index (κ2) is 6.41. The van der Waals surface area contributed by atoms with Crippen molar-refractivity contribution in [1.82, 2.24) is 19.7 Å². The average Bonchev–Trinajstić information content (AvgIpc) is 3.27. The molecule has 1 aliphatic heterocycles. The molecule has 1 aliphatic rings. The minimum absolute atomic E-state index is 0.162. The molecule has 7 nitrogen and oxygen atoms in total.